The molecule has 1 aliphatic rings. The van der Waals surface area contributed by atoms with Gasteiger partial charge >= 0.3 is 0 Å². The molecule has 0 bridgehead atoms. The molecule has 0 spiro atoms. The van der Waals surface area contributed by atoms with E-state index in [0.29, 0.717) is 0 Å². The average molecular weight is 240 g/mol. The molecule has 0 aromatic heterocycles. The van der Waals surface area contributed by atoms with Crippen molar-refractivity contribution in [2.45, 2.75) is 53.5 Å². The molecule has 0 aliphatic carbocycles. The minimum atomic E-state index is 0.745. The SMILES string of the molecule is CC(C)CCN1CCN(CCC(C)C)C(C)C1. The zero-order chi connectivity index (χ0) is 12.8. The number of hydrogen-bond acceptors (Lipinski definition) is 2. The fourth-order valence-corrected chi connectivity index (χ4v) is 2.47. The molecule has 1 fully saturated rings. The molecule has 2 nitrogen and oxygen atoms in total. The van der Waals surface area contributed by atoms with Crippen molar-refractivity contribution in [2.75, 3.05) is 32.7 Å². The standard InChI is InChI=1S/C15H32N2/c1-13(2)6-8-16-10-11-17(15(5)12-16)9-7-14(3)4/h13-15H,6-12H2,1-5H3. The van der Waals surface area contributed by atoms with Crippen LogP contribution in [0.5, 0.6) is 0 Å². The van der Waals surface area contributed by atoms with Gasteiger partial charge in [-0.05, 0) is 44.7 Å². The topological polar surface area (TPSA) is 6.48 Å². The summed E-state index contributed by atoms with van der Waals surface area (Å²) in [6.45, 7) is 18.1. The van der Waals surface area contributed by atoms with Crippen molar-refractivity contribution in [3.63, 3.8) is 0 Å². The van der Waals surface area contributed by atoms with Gasteiger partial charge in [0.25, 0.3) is 0 Å². The fourth-order valence-electron chi connectivity index (χ4n) is 2.47. The number of hydrogen-bond donors (Lipinski definition) is 0. The first-order valence-electron chi connectivity index (χ1n) is 7.45. The lowest BCUT2D eigenvalue weighted by atomic mass is 10.1. The minimum Gasteiger partial charge on any atom is -0.301 e. The highest BCUT2D eigenvalue weighted by Gasteiger charge is 2.22. The molecule has 1 rings (SSSR count). The highest BCUT2D eigenvalue weighted by Crippen LogP contribution is 2.13. The maximum atomic E-state index is 2.67. The monoisotopic (exact) mass is 240 g/mol. The Labute approximate surface area is 108 Å². The molecule has 17 heavy (non-hydrogen) atoms. The van der Waals surface area contributed by atoms with Gasteiger partial charge in [0, 0.05) is 25.7 Å². The molecule has 0 radical (unpaired) electrons. The molecule has 1 aliphatic heterocycles. The minimum absolute atomic E-state index is 0.745. The van der Waals surface area contributed by atoms with Crippen LogP contribution in [0.25, 0.3) is 0 Å². The van der Waals surface area contributed by atoms with Gasteiger partial charge in [0.05, 0.1) is 0 Å². The molecular weight excluding hydrogens is 208 g/mol. The first-order chi connectivity index (χ1) is 7.99. The first kappa shape index (κ1) is 15.0. The highest BCUT2D eigenvalue weighted by molar-refractivity contribution is 4.79. The van der Waals surface area contributed by atoms with Gasteiger partial charge in [-0.3, -0.25) is 4.90 Å². The predicted octanol–water partition coefficient (Wildman–Crippen LogP) is 3.08. The van der Waals surface area contributed by atoms with E-state index < -0.39 is 0 Å². The molecule has 0 amide bonds. The second-order valence-electron chi connectivity index (χ2n) is 6.55. The lowest BCUT2D eigenvalue weighted by Crippen LogP contribution is -2.52. The van der Waals surface area contributed by atoms with Crippen LogP contribution in [0.1, 0.15) is 47.5 Å². The largest absolute Gasteiger partial charge is 0.301 e. The predicted molar refractivity (Wildman–Crippen MR) is 76.4 cm³/mol. The lowest BCUT2D eigenvalue weighted by Gasteiger charge is -2.40. The molecule has 102 valence electrons. The first-order valence-corrected chi connectivity index (χ1v) is 7.45. The molecule has 1 heterocycles. The average Bonchev–Trinajstić information content (AvgIpc) is 2.24. The molecule has 1 saturated heterocycles. The summed E-state index contributed by atoms with van der Waals surface area (Å²) >= 11 is 0. The third-order valence-electron chi connectivity index (χ3n) is 3.87. The highest BCUT2D eigenvalue weighted by atomic mass is 15.3. The van der Waals surface area contributed by atoms with Crippen LogP contribution in [-0.2, 0) is 0 Å². The van der Waals surface area contributed by atoms with Crippen LogP contribution in [0.4, 0.5) is 0 Å². The van der Waals surface area contributed by atoms with Crippen molar-refractivity contribution < 1.29 is 0 Å². The summed E-state index contributed by atoms with van der Waals surface area (Å²) in [4.78, 5) is 5.32. The molecule has 0 aromatic rings. The van der Waals surface area contributed by atoms with E-state index in [4.69, 9.17) is 0 Å². The summed E-state index contributed by atoms with van der Waals surface area (Å²) in [5.41, 5.74) is 0. The van der Waals surface area contributed by atoms with E-state index in [1.807, 2.05) is 0 Å². The summed E-state index contributed by atoms with van der Waals surface area (Å²) < 4.78 is 0. The Balaban J connectivity index is 2.24. The normalized spacial score (nSPS) is 23.8. The summed E-state index contributed by atoms with van der Waals surface area (Å²) in [6.07, 6.45) is 2.69. The Morgan fingerprint density at radius 3 is 2.06 bits per heavy atom. The Bertz CT molecular complexity index is 201. The fraction of sp³-hybridized carbons (Fsp3) is 1.00. The van der Waals surface area contributed by atoms with Gasteiger partial charge in [0.15, 0.2) is 0 Å². The molecule has 0 aromatic carbocycles. The van der Waals surface area contributed by atoms with E-state index >= 15 is 0 Å². The molecule has 2 heteroatoms. The van der Waals surface area contributed by atoms with Gasteiger partial charge in [-0.15, -0.1) is 0 Å². The Hall–Kier alpha value is -0.0800. The second kappa shape index (κ2) is 7.38. The molecule has 1 atom stereocenters. The van der Waals surface area contributed by atoms with Gasteiger partial charge in [0.2, 0.25) is 0 Å². The van der Waals surface area contributed by atoms with Crippen molar-refractivity contribution in [3.8, 4) is 0 Å². The summed E-state index contributed by atoms with van der Waals surface area (Å²) in [6, 6.07) is 0.745. The smallest absolute Gasteiger partial charge is 0.0195 e. The van der Waals surface area contributed by atoms with E-state index in [-0.39, 0.29) is 0 Å². The van der Waals surface area contributed by atoms with E-state index in [9.17, 15) is 0 Å². The summed E-state index contributed by atoms with van der Waals surface area (Å²) in [5.74, 6) is 1.67. The van der Waals surface area contributed by atoms with Crippen molar-refractivity contribution in [1.29, 1.82) is 0 Å². The molecule has 1 unspecified atom stereocenters. The van der Waals surface area contributed by atoms with Crippen LogP contribution < -0.4 is 0 Å². The van der Waals surface area contributed by atoms with E-state index in [1.54, 1.807) is 0 Å². The second-order valence-corrected chi connectivity index (χ2v) is 6.55. The van der Waals surface area contributed by atoms with E-state index in [0.717, 1.165) is 17.9 Å². The maximum absolute atomic E-state index is 2.67. The van der Waals surface area contributed by atoms with Gasteiger partial charge in [-0.2, -0.15) is 0 Å². The van der Waals surface area contributed by atoms with E-state index in [1.165, 1.54) is 45.6 Å². The third-order valence-corrected chi connectivity index (χ3v) is 3.87. The van der Waals surface area contributed by atoms with Crippen LogP contribution in [0.15, 0.2) is 0 Å². The van der Waals surface area contributed by atoms with Crippen molar-refractivity contribution >= 4 is 0 Å². The van der Waals surface area contributed by atoms with Gasteiger partial charge < -0.3 is 4.90 Å². The van der Waals surface area contributed by atoms with Crippen molar-refractivity contribution in [3.05, 3.63) is 0 Å². The van der Waals surface area contributed by atoms with Crippen molar-refractivity contribution in [1.82, 2.24) is 9.80 Å². The molecular formula is C15H32N2. The number of piperazine rings is 1. The zero-order valence-corrected chi connectivity index (χ0v) is 12.6. The van der Waals surface area contributed by atoms with Gasteiger partial charge in [-0.1, -0.05) is 27.7 Å². The van der Waals surface area contributed by atoms with E-state index in [2.05, 4.69) is 44.4 Å². The van der Waals surface area contributed by atoms with Crippen molar-refractivity contribution in [2.24, 2.45) is 11.8 Å². The molecule has 0 saturated carbocycles. The van der Waals surface area contributed by atoms with Crippen LogP contribution in [0, 0.1) is 11.8 Å². The number of rotatable bonds is 6. The Morgan fingerprint density at radius 1 is 0.941 bits per heavy atom. The lowest BCUT2D eigenvalue weighted by molar-refractivity contribution is 0.0771. The Morgan fingerprint density at radius 2 is 1.53 bits per heavy atom. The maximum Gasteiger partial charge on any atom is 0.0195 e. The third kappa shape index (κ3) is 5.87. The summed E-state index contributed by atoms with van der Waals surface area (Å²) in [5, 5.41) is 0. The Kier molecular flexibility index (Phi) is 6.50. The van der Waals surface area contributed by atoms with Gasteiger partial charge in [0.1, 0.15) is 0 Å². The van der Waals surface area contributed by atoms with Crippen LogP contribution in [-0.4, -0.2) is 48.6 Å². The summed E-state index contributed by atoms with van der Waals surface area (Å²) in [7, 11) is 0. The van der Waals surface area contributed by atoms with Crippen LogP contribution in [0.3, 0.4) is 0 Å². The van der Waals surface area contributed by atoms with Crippen LogP contribution in [0.2, 0.25) is 0 Å². The quantitative estimate of drug-likeness (QED) is 0.704. The molecule has 0 N–H and O–H groups in total. The van der Waals surface area contributed by atoms with Gasteiger partial charge in [-0.25, -0.2) is 0 Å². The number of nitrogens with zero attached hydrogens (tertiary/aromatic N) is 2. The van der Waals surface area contributed by atoms with Crippen LogP contribution >= 0.6 is 0 Å². The zero-order valence-electron chi connectivity index (χ0n) is 12.6.